The molecule has 0 saturated carbocycles. The number of carboxylic acid groups (broad SMARTS) is 1. The van der Waals surface area contributed by atoms with E-state index in [2.05, 4.69) is 0 Å². The molecule has 0 radical (unpaired) electrons. The van der Waals surface area contributed by atoms with Crippen LogP contribution in [0.15, 0.2) is 0 Å². The molecule has 3 N–H and O–H groups in total. The molecule has 0 amide bonds. The summed E-state index contributed by atoms with van der Waals surface area (Å²) in [7, 11) is -3.14. The number of quaternary nitrogens is 1. The number of rotatable bonds is 4. The number of aliphatic hydroxyl groups excluding tert-OH is 1. The van der Waals surface area contributed by atoms with Gasteiger partial charge in [-0.2, -0.15) is 0 Å². The first-order valence-electron chi connectivity index (χ1n) is 4.32. The number of sulfone groups is 1. The minimum absolute atomic E-state index is 0.0821. The minimum atomic E-state index is -3.14. The molecule has 1 heterocycles. The van der Waals surface area contributed by atoms with E-state index >= 15 is 0 Å². The molecule has 6 nitrogen and oxygen atoms in total. The van der Waals surface area contributed by atoms with Gasteiger partial charge in [-0.05, 0) is 0 Å². The van der Waals surface area contributed by atoms with Crippen molar-refractivity contribution in [2.75, 3.05) is 18.1 Å². The quantitative estimate of drug-likeness (QED) is 0.502. The van der Waals surface area contributed by atoms with Crippen LogP contribution in [0.3, 0.4) is 0 Å². The number of hydrogen-bond acceptors (Lipinski definition) is 5. The van der Waals surface area contributed by atoms with E-state index in [9.17, 15) is 23.4 Å². The van der Waals surface area contributed by atoms with Crippen LogP contribution in [-0.2, 0) is 14.6 Å². The monoisotopic (exact) mass is 223 g/mol. The number of hydrogen-bond donors (Lipinski definition) is 2. The third kappa shape index (κ3) is 3.24. The molecule has 0 aromatic carbocycles. The SMILES string of the molecule is O=C([O-])CC[NH2+][C@@H]1CS(=O)(=O)C[C@@H]1O. The highest BCUT2D eigenvalue weighted by atomic mass is 32.2. The average molecular weight is 223 g/mol. The Hall–Kier alpha value is -0.660. The summed E-state index contributed by atoms with van der Waals surface area (Å²) in [6.07, 6.45) is -1.02. The molecule has 0 aromatic rings. The number of nitrogens with two attached hydrogens (primary N) is 1. The van der Waals surface area contributed by atoms with E-state index in [1.807, 2.05) is 0 Å². The van der Waals surface area contributed by atoms with Gasteiger partial charge in [-0.1, -0.05) is 0 Å². The van der Waals surface area contributed by atoms with Gasteiger partial charge < -0.3 is 20.3 Å². The van der Waals surface area contributed by atoms with Crippen LogP contribution in [-0.4, -0.2) is 49.7 Å². The second kappa shape index (κ2) is 4.24. The maximum Gasteiger partial charge on any atom is 0.159 e. The van der Waals surface area contributed by atoms with E-state index in [4.69, 9.17) is 0 Å². The summed E-state index contributed by atoms with van der Waals surface area (Å²) >= 11 is 0. The Balaban J connectivity index is 2.36. The van der Waals surface area contributed by atoms with E-state index in [0.29, 0.717) is 0 Å². The van der Waals surface area contributed by atoms with E-state index in [1.54, 1.807) is 5.32 Å². The molecule has 14 heavy (non-hydrogen) atoms. The Morgan fingerprint density at radius 3 is 2.57 bits per heavy atom. The van der Waals surface area contributed by atoms with Crippen molar-refractivity contribution >= 4 is 15.8 Å². The van der Waals surface area contributed by atoms with Gasteiger partial charge in [0.05, 0.1) is 12.3 Å². The topological polar surface area (TPSA) is 111 Å². The maximum atomic E-state index is 11.0. The summed E-state index contributed by atoms with van der Waals surface area (Å²) in [5.41, 5.74) is 0. The van der Waals surface area contributed by atoms with Crippen molar-refractivity contribution in [1.82, 2.24) is 0 Å². The molecular formula is C7H13NO5S. The van der Waals surface area contributed by atoms with Gasteiger partial charge in [-0.15, -0.1) is 0 Å². The predicted octanol–water partition coefficient (Wildman–Crippen LogP) is -4.15. The molecule has 7 heteroatoms. The Morgan fingerprint density at radius 2 is 2.14 bits per heavy atom. The Labute approximate surface area is 81.8 Å². The number of carboxylic acids is 1. The van der Waals surface area contributed by atoms with E-state index in [0.717, 1.165) is 0 Å². The summed E-state index contributed by atoms with van der Waals surface area (Å²) in [5, 5.41) is 20.9. The fourth-order valence-electron chi connectivity index (χ4n) is 1.50. The highest BCUT2D eigenvalue weighted by Crippen LogP contribution is 2.08. The first-order valence-corrected chi connectivity index (χ1v) is 6.14. The fourth-order valence-corrected chi connectivity index (χ4v) is 3.34. The van der Waals surface area contributed by atoms with Crippen molar-refractivity contribution in [3.8, 4) is 0 Å². The summed E-state index contributed by atoms with van der Waals surface area (Å²) in [6.45, 7) is 0.236. The van der Waals surface area contributed by atoms with Gasteiger partial charge in [0.25, 0.3) is 0 Å². The van der Waals surface area contributed by atoms with Crippen LogP contribution in [0.25, 0.3) is 0 Å². The van der Waals surface area contributed by atoms with Gasteiger partial charge in [0.1, 0.15) is 17.9 Å². The molecule has 1 rings (SSSR count). The van der Waals surface area contributed by atoms with Gasteiger partial charge >= 0.3 is 0 Å². The predicted molar refractivity (Wildman–Crippen MR) is 44.9 cm³/mol. The number of carbonyl (C=O) groups excluding carboxylic acids is 1. The Morgan fingerprint density at radius 1 is 1.50 bits per heavy atom. The van der Waals surface area contributed by atoms with Crippen LogP contribution >= 0.6 is 0 Å². The van der Waals surface area contributed by atoms with Crippen LogP contribution in [0.5, 0.6) is 0 Å². The van der Waals surface area contributed by atoms with Crippen molar-refractivity contribution in [2.45, 2.75) is 18.6 Å². The molecule has 82 valence electrons. The highest BCUT2D eigenvalue weighted by molar-refractivity contribution is 7.91. The van der Waals surface area contributed by atoms with Gasteiger partial charge in [0.2, 0.25) is 0 Å². The molecule has 0 unspecified atom stereocenters. The maximum absolute atomic E-state index is 11.0. The lowest BCUT2D eigenvalue weighted by molar-refractivity contribution is -0.690. The second-order valence-electron chi connectivity index (χ2n) is 3.45. The van der Waals surface area contributed by atoms with Gasteiger partial charge in [0, 0.05) is 12.4 Å². The molecular weight excluding hydrogens is 210 g/mol. The van der Waals surface area contributed by atoms with Crippen molar-refractivity contribution in [2.24, 2.45) is 0 Å². The first kappa shape index (κ1) is 11.4. The van der Waals surface area contributed by atoms with Crippen LogP contribution in [0.2, 0.25) is 0 Å². The van der Waals surface area contributed by atoms with Gasteiger partial charge in [-0.25, -0.2) is 8.42 Å². The zero-order chi connectivity index (χ0) is 10.8. The number of aliphatic carboxylic acids is 1. The van der Waals surface area contributed by atoms with Crippen LogP contribution < -0.4 is 10.4 Å². The van der Waals surface area contributed by atoms with E-state index in [1.165, 1.54) is 0 Å². The van der Waals surface area contributed by atoms with Crippen molar-refractivity contribution in [1.29, 1.82) is 0 Å². The molecule has 1 saturated heterocycles. The van der Waals surface area contributed by atoms with Gasteiger partial charge in [0.15, 0.2) is 9.84 Å². The summed E-state index contributed by atoms with van der Waals surface area (Å²) in [4.78, 5) is 10.1. The molecule has 1 fully saturated rings. The van der Waals surface area contributed by atoms with Gasteiger partial charge in [-0.3, -0.25) is 0 Å². The lowest BCUT2D eigenvalue weighted by atomic mass is 10.2. The van der Waals surface area contributed by atoms with Crippen molar-refractivity contribution in [3.05, 3.63) is 0 Å². The Kier molecular flexibility index (Phi) is 3.46. The summed E-state index contributed by atoms with van der Waals surface area (Å²) < 4.78 is 22.1. The lowest BCUT2D eigenvalue weighted by Gasteiger charge is -2.11. The summed E-state index contributed by atoms with van der Waals surface area (Å²) in [6, 6.07) is -0.431. The van der Waals surface area contributed by atoms with Crippen LogP contribution in [0.1, 0.15) is 6.42 Å². The van der Waals surface area contributed by atoms with Crippen LogP contribution in [0.4, 0.5) is 0 Å². The van der Waals surface area contributed by atoms with E-state index in [-0.39, 0.29) is 24.5 Å². The lowest BCUT2D eigenvalue weighted by Crippen LogP contribution is -2.93. The minimum Gasteiger partial charge on any atom is -0.550 e. The molecule has 0 aliphatic carbocycles. The third-order valence-corrected chi connectivity index (χ3v) is 3.93. The zero-order valence-electron chi connectivity index (χ0n) is 7.55. The standard InChI is InChI=1S/C7H13NO5S/c9-6-4-14(12,13)3-5(6)8-2-1-7(10)11/h5-6,8-9H,1-4H2,(H,10,11)/t5-,6+/m1/s1. The summed E-state index contributed by atoms with van der Waals surface area (Å²) in [5.74, 6) is -1.47. The largest absolute Gasteiger partial charge is 0.550 e. The van der Waals surface area contributed by atoms with E-state index < -0.39 is 28.0 Å². The van der Waals surface area contributed by atoms with Crippen molar-refractivity contribution < 1.29 is 28.7 Å². The first-order chi connectivity index (χ1) is 6.41. The smallest absolute Gasteiger partial charge is 0.159 e. The third-order valence-electron chi connectivity index (χ3n) is 2.18. The second-order valence-corrected chi connectivity index (χ2v) is 5.61. The average Bonchev–Trinajstić information content (AvgIpc) is 2.24. The Bertz CT molecular complexity index is 312. The molecule has 0 bridgehead atoms. The molecule has 1 aliphatic rings. The molecule has 2 atom stereocenters. The molecule has 0 aromatic heterocycles. The zero-order valence-corrected chi connectivity index (χ0v) is 8.37. The molecule has 1 aliphatic heterocycles. The fraction of sp³-hybridized carbons (Fsp3) is 0.857. The number of aliphatic hydroxyl groups is 1. The number of carbonyl (C=O) groups is 1. The van der Waals surface area contributed by atoms with Crippen molar-refractivity contribution in [3.63, 3.8) is 0 Å². The normalized spacial score (nSPS) is 30.4. The van der Waals surface area contributed by atoms with Crippen LogP contribution in [0, 0.1) is 0 Å². The highest BCUT2D eigenvalue weighted by Gasteiger charge is 2.38. The molecule has 0 spiro atoms.